The molecule has 112 valence electrons. The van der Waals surface area contributed by atoms with Gasteiger partial charge in [-0.2, -0.15) is 0 Å². The maximum atomic E-state index is 11.5. The molecule has 1 aromatic carbocycles. The van der Waals surface area contributed by atoms with Crippen LogP contribution in [0, 0.1) is 0 Å². The Morgan fingerprint density at radius 1 is 1.33 bits per heavy atom. The highest BCUT2D eigenvalue weighted by Crippen LogP contribution is 2.38. The molecule has 1 unspecified atom stereocenters. The molecule has 21 heavy (non-hydrogen) atoms. The van der Waals surface area contributed by atoms with E-state index in [2.05, 4.69) is 14.8 Å². The number of aliphatic hydroxyl groups is 1. The number of carbonyl (C=O) groups is 2. The van der Waals surface area contributed by atoms with Gasteiger partial charge in [0, 0.05) is 6.08 Å². The fraction of sp³-hybridized carbons (Fsp3) is 0.286. The van der Waals surface area contributed by atoms with E-state index >= 15 is 0 Å². The van der Waals surface area contributed by atoms with E-state index in [1.54, 1.807) is 24.3 Å². The van der Waals surface area contributed by atoms with E-state index in [4.69, 9.17) is 4.74 Å². The summed E-state index contributed by atoms with van der Waals surface area (Å²) in [4.78, 5) is 22.9. The number of rotatable bonds is 3. The summed E-state index contributed by atoms with van der Waals surface area (Å²) in [6, 6.07) is 6.81. The summed E-state index contributed by atoms with van der Waals surface area (Å²) in [6.45, 7) is 0. The number of ether oxygens (including phenoxy) is 3. The Labute approximate surface area is 121 Å². The number of hydrogen-bond acceptors (Lipinski definition) is 7. The van der Waals surface area contributed by atoms with Crippen LogP contribution in [0.25, 0.3) is 0 Å². The van der Waals surface area contributed by atoms with Crippen molar-refractivity contribution in [2.75, 3.05) is 19.5 Å². The molecule has 1 atom stereocenters. The highest BCUT2D eigenvalue weighted by Gasteiger charge is 2.42. The van der Waals surface area contributed by atoms with E-state index in [1.165, 1.54) is 14.2 Å². The van der Waals surface area contributed by atoms with E-state index in [0.29, 0.717) is 11.4 Å². The van der Waals surface area contributed by atoms with E-state index < -0.39 is 24.1 Å². The van der Waals surface area contributed by atoms with Crippen molar-refractivity contribution in [3.63, 3.8) is 0 Å². The minimum Gasteiger partial charge on any atom is -0.469 e. The van der Waals surface area contributed by atoms with Gasteiger partial charge < -0.3 is 24.6 Å². The Kier molecular flexibility index (Phi) is 4.13. The van der Waals surface area contributed by atoms with Crippen LogP contribution in [0.3, 0.4) is 0 Å². The standard InChI is InChI=1S/C14H15NO6/c1-19-12(16)7-11-14(18,8-13(17)20-2)21-10-6-4-3-5-9(10)15-11/h3-7,15,18H,8H2,1-2H3/b11-7-. The molecular formula is C14H15NO6. The van der Waals surface area contributed by atoms with Crippen molar-refractivity contribution in [1.82, 2.24) is 0 Å². The molecule has 1 aliphatic heterocycles. The Morgan fingerprint density at radius 3 is 2.71 bits per heavy atom. The minimum absolute atomic E-state index is 0.00144. The summed E-state index contributed by atoms with van der Waals surface area (Å²) in [7, 11) is 2.40. The lowest BCUT2D eigenvalue weighted by molar-refractivity contribution is -0.161. The van der Waals surface area contributed by atoms with Crippen LogP contribution in [-0.4, -0.2) is 37.1 Å². The van der Waals surface area contributed by atoms with E-state index in [-0.39, 0.29) is 5.70 Å². The van der Waals surface area contributed by atoms with E-state index in [1.807, 2.05) is 0 Å². The largest absolute Gasteiger partial charge is 0.469 e. The highest BCUT2D eigenvalue weighted by molar-refractivity contribution is 5.85. The van der Waals surface area contributed by atoms with Crippen LogP contribution in [0.15, 0.2) is 36.0 Å². The second-order valence-electron chi connectivity index (χ2n) is 4.34. The Hall–Kier alpha value is -2.54. The van der Waals surface area contributed by atoms with Crippen molar-refractivity contribution >= 4 is 17.6 Å². The van der Waals surface area contributed by atoms with Gasteiger partial charge in [-0.3, -0.25) is 4.79 Å². The van der Waals surface area contributed by atoms with E-state index in [9.17, 15) is 14.7 Å². The maximum Gasteiger partial charge on any atom is 0.332 e. The molecule has 7 heteroatoms. The van der Waals surface area contributed by atoms with Crippen LogP contribution in [-0.2, 0) is 19.1 Å². The lowest BCUT2D eigenvalue weighted by atomic mass is 10.1. The average molecular weight is 293 g/mol. The van der Waals surface area contributed by atoms with Crippen molar-refractivity contribution in [2.24, 2.45) is 0 Å². The molecule has 0 bridgehead atoms. The summed E-state index contributed by atoms with van der Waals surface area (Å²) < 4.78 is 14.5. The summed E-state index contributed by atoms with van der Waals surface area (Å²) in [5, 5.41) is 13.4. The predicted molar refractivity (Wildman–Crippen MR) is 72.4 cm³/mol. The van der Waals surface area contributed by atoms with Gasteiger partial charge in [-0.15, -0.1) is 0 Å². The van der Waals surface area contributed by atoms with Gasteiger partial charge in [0.05, 0.1) is 25.6 Å². The molecule has 0 spiro atoms. The number of esters is 2. The van der Waals surface area contributed by atoms with Crippen molar-refractivity contribution in [1.29, 1.82) is 0 Å². The Balaban J connectivity index is 2.41. The summed E-state index contributed by atoms with van der Waals surface area (Å²) >= 11 is 0. The van der Waals surface area contributed by atoms with Crippen LogP contribution in [0.4, 0.5) is 5.69 Å². The number of anilines is 1. The van der Waals surface area contributed by atoms with Crippen molar-refractivity contribution in [3.8, 4) is 5.75 Å². The maximum absolute atomic E-state index is 11.5. The van der Waals surface area contributed by atoms with Crippen LogP contribution >= 0.6 is 0 Å². The number of para-hydroxylation sites is 2. The normalized spacial score (nSPS) is 21.8. The topological polar surface area (TPSA) is 94.1 Å². The van der Waals surface area contributed by atoms with Crippen LogP contribution in [0.2, 0.25) is 0 Å². The third kappa shape index (κ3) is 3.14. The zero-order valence-electron chi connectivity index (χ0n) is 11.6. The average Bonchev–Trinajstić information content (AvgIpc) is 2.47. The fourth-order valence-electron chi connectivity index (χ4n) is 1.86. The predicted octanol–water partition coefficient (Wildman–Crippen LogP) is 0.799. The van der Waals surface area contributed by atoms with Gasteiger partial charge in [0.25, 0.3) is 5.79 Å². The van der Waals surface area contributed by atoms with Crippen molar-refractivity contribution in [3.05, 3.63) is 36.0 Å². The molecule has 2 N–H and O–H groups in total. The van der Waals surface area contributed by atoms with Gasteiger partial charge >= 0.3 is 11.9 Å². The monoisotopic (exact) mass is 293 g/mol. The fourth-order valence-corrected chi connectivity index (χ4v) is 1.86. The quantitative estimate of drug-likeness (QED) is 0.628. The van der Waals surface area contributed by atoms with Gasteiger partial charge in [-0.05, 0) is 12.1 Å². The number of carbonyl (C=O) groups excluding carboxylic acids is 2. The van der Waals surface area contributed by atoms with Gasteiger partial charge in [0.1, 0.15) is 12.2 Å². The summed E-state index contributed by atoms with van der Waals surface area (Å²) in [5.74, 6) is -3.06. The third-order valence-corrected chi connectivity index (χ3v) is 2.93. The molecule has 0 radical (unpaired) electrons. The molecule has 0 fully saturated rings. The van der Waals surface area contributed by atoms with Gasteiger partial charge in [-0.25, -0.2) is 4.79 Å². The SMILES string of the molecule is COC(=O)/C=C1\Nc2ccccc2OC1(O)CC(=O)OC. The number of nitrogens with one attached hydrogen (secondary N) is 1. The van der Waals surface area contributed by atoms with Crippen LogP contribution in [0.1, 0.15) is 6.42 Å². The highest BCUT2D eigenvalue weighted by atomic mass is 16.6. The molecule has 1 aliphatic rings. The molecule has 0 amide bonds. The smallest absolute Gasteiger partial charge is 0.332 e. The summed E-state index contributed by atoms with van der Waals surface area (Å²) in [6.07, 6.45) is 0.548. The zero-order valence-corrected chi connectivity index (χ0v) is 11.6. The Morgan fingerprint density at radius 2 is 2.05 bits per heavy atom. The van der Waals surface area contributed by atoms with Crippen LogP contribution < -0.4 is 10.1 Å². The first-order valence-electron chi connectivity index (χ1n) is 6.13. The molecule has 1 aromatic rings. The van der Waals surface area contributed by atoms with E-state index in [0.717, 1.165) is 6.08 Å². The second kappa shape index (κ2) is 5.84. The van der Waals surface area contributed by atoms with Gasteiger partial charge in [0.15, 0.2) is 0 Å². The molecule has 2 rings (SSSR count). The second-order valence-corrected chi connectivity index (χ2v) is 4.34. The molecule has 0 aromatic heterocycles. The minimum atomic E-state index is -2.03. The lowest BCUT2D eigenvalue weighted by Crippen LogP contribution is -2.46. The number of hydrogen-bond donors (Lipinski definition) is 2. The molecular weight excluding hydrogens is 278 g/mol. The summed E-state index contributed by atoms with van der Waals surface area (Å²) in [5.41, 5.74) is 0.556. The molecule has 7 nitrogen and oxygen atoms in total. The Bertz CT molecular complexity index is 597. The molecule has 0 aliphatic carbocycles. The first-order valence-corrected chi connectivity index (χ1v) is 6.13. The number of fused-ring (bicyclic) bond motifs is 1. The lowest BCUT2D eigenvalue weighted by Gasteiger charge is -2.36. The first-order chi connectivity index (χ1) is 9.98. The third-order valence-electron chi connectivity index (χ3n) is 2.93. The molecule has 1 heterocycles. The first kappa shape index (κ1) is 14.9. The molecule has 0 saturated heterocycles. The van der Waals surface area contributed by atoms with Crippen molar-refractivity contribution < 1.29 is 28.9 Å². The number of benzene rings is 1. The zero-order chi connectivity index (χ0) is 15.5. The number of methoxy groups -OCH3 is 2. The van der Waals surface area contributed by atoms with Gasteiger partial charge in [-0.1, -0.05) is 12.1 Å². The van der Waals surface area contributed by atoms with Crippen molar-refractivity contribution in [2.45, 2.75) is 12.2 Å². The van der Waals surface area contributed by atoms with Gasteiger partial charge in [0.2, 0.25) is 0 Å². The molecule has 0 saturated carbocycles. The van der Waals surface area contributed by atoms with Crippen LogP contribution in [0.5, 0.6) is 5.75 Å².